The number of aromatic nitrogens is 1. The Morgan fingerprint density at radius 2 is 1.96 bits per heavy atom. The molecule has 1 unspecified atom stereocenters. The van der Waals surface area contributed by atoms with Crippen LogP contribution in [0.4, 0.5) is 5.82 Å². The highest BCUT2D eigenvalue weighted by atomic mass is 35.5. The van der Waals surface area contributed by atoms with Crippen LogP contribution in [0.2, 0.25) is 5.02 Å². The number of halogens is 1. The van der Waals surface area contributed by atoms with Crippen molar-refractivity contribution in [1.82, 2.24) is 9.27 Å². The van der Waals surface area contributed by atoms with Gasteiger partial charge in [-0.3, -0.25) is 4.79 Å². The highest BCUT2D eigenvalue weighted by molar-refractivity contribution is 7.13. The van der Waals surface area contributed by atoms with E-state index in [0.717, 1.165) is 30.2 Å². The van der Waals surface area contributed by atoms with E-state index in [0.29, 0.717) is 24.5 Å². The number of fused-ring (bicyclic) bond motifs is 2. The van der Waals surface area contributed by atoms with Crippen LogP contribution in [0.1, 0.15) is 5.56 Å². The van der Waals surface area contributed by atoms with Gasteiger partial charge in [0.1, 0.15) is 11.6 Å². The Balaban J connectivity index is 1.25. The second-order valence-corrected chi connectivity index (χ2v) is 8.12. The first-order valence-electron chi connectivity index (χ1n) is 9.02. The molecule has 1 amide bonds. The molecule has 138 valence electrons. The molecule has 0 bridgehead atoms. The molecule has 1 fully saturated rings. The van der Waals surface area contributed by atoms with Gasteiger partial charge in [-0.25, -0.2) is 0 Å². The first kappa shape index (κ1) is 16.8. The van der Waals surface area contributed by atoms with E-state index in [2.05, 4.69) is 21.4 Å². The Hall–Kier alpha value is -2.31. The van der Waals surface area contributed by atoms with Crippen molar-refractivity contribution in [3.63, 3.8) is 0 Å². The largest absolute Gasteiger partial charge is 0.480 e. The van der Waals surface area contributed by atoms with Crippen molar-refractivity contribution >= 4 is 44.9 Å². The molecule has 2 aliphatic rings. The Morgan fingerprint density at radius 1 is 1.15 bits per heavy atom. The van der Waals surface area contributed by atoms with Gasteiger partial charge < -0.3 is 14.5 Å². The van der Waals surface area contributed by atoms with Gasteiger partial charge in [0, 0.05) is 43.0 Å². The van der Waals surface area contributed by atoms with Crippen LogP contribution in [0.25, 0.3) is 10.1 Å². The van der Waals surface area contributed by atoms with E-state index in [-0.39, 0.29) is 5.91 Å². The third-order valence-electron chi connectivity index (χ3n) is 5.22. The predicted molar refractivity (Wildman–Crippen MR) is 108 cm³/mol. The molecular formula is C20H18ClN3O2S. The summed E-state index contributed by atoms with van der Waals surface area (Å²) in [5.41, 5.74) is 1.01. The highest BCUT2D eigenvalue weighted by Gasteiger charge is 2.34. The van der Waals surface area contributed by atoms with Crippen LogP contribution >= 0.6 is 23.1 Å². The molecule has 5 rings (SSSR count). The van der Waals surface area contributed by atoms with Crippen LogP contribution in [-0.4, -0.2) is 47.5 Å². The van der Waals surface area contributed by atoms with Gasteiger partial charge in [0.05, 0.1) is 4.70 Å². The molecule has 5 nitrogen and oxygen atoms in total. The number of amides is 1. The lowest BCUT2D eigenvalue weighted by atomic mass is 10.1. The summed E-state index contributed by atoms with van der Waals surface area (Å²) in [7, 11) is 0. The topological polar surface area (TPSA) is 45.7 Å². The van der Waals surface area contributed by atoms with Gasteiger partial charge in [0.2, 0.25) is 0 Å². The Morgan fingerprint density at radius 3 is 2.81 bits per heavy atom. The van der Waals surface area contributed by atoms with Crippen molar-refractivity contribution in [3.8, 4) is 5.75 Å². The standard InChI is InChI=1S/C20H18ClN3O2S/c21-14-5-6-16-13(11-14)12-17(26-16)20(25)24-9-7-23(8-10-24)19-15-3-1-2-4-18(15)27-22-19/h1-6,11,17H,7-10,12H2. The zero-order chi connectivity index (χ0) is 18.4. The Labute approximate surface area is 166 Å². The average Bonchev–Trinajstić information content (AvgIpc) is 3.31. The van der Waals surface area contributed by atoms with Gasteiger partial charge in [-0.05, 0) is 47.4 Å². The second kappa shape index (κ2) is 6.69. The van der Waals surface area contributed by atoms with E-state index in [9.17, 15) is 4.79 Å². The molecule has 3 aromatic rings. The minimum absolute atomic E-state index is 0.0603. The molecular weight excluding hydrogens is 382 g/mol. The first-order chi connectivity index (χ1) is 13.2. The molecule has 0 N–H and O–H groups in total. The fraction of sp³-hybridized carbons (Fsp3) is 0.300. The smallest absolute Gasteiger partial charge is 0.264 e. The zero-order valence-corrected chi connectivity index (χ0v) is 16.2. The van der Waals surface area contributed by atoms with Gasteiger partial charge in [-0.15, -0.1) is 0 Å². The van der Waals surface area contributed by atoms with E-state index in [1.807, 2.05) is 29.2 Å². The first-order valence-corrected chi connectivity index (χ1v) is 10.2. The quantitative estimate of drug-likeness (QED) is 0.660. The van der Waals surface area contributed by atoms with E-state index in [4.69, 9.17) is 16.3 Å². The Kier molecular flexibility index (Phi) is 4.17. The number of rotatable bonds is 2. The predicted octanol–water partition coefficient (Wildman–Crippen LogP) is 3.60. The second-order valence-electron chi connectivity index (χ2n) is 6.88. The van der Waals surface area contributed by atoms with Crippen molar-refractivity contribution in [2.75, 3.05) is 31.1 Å². The van der Waals surface area contributed by atoms with Crippen LogP contribution in [0, 0.1) is 0 Å². The molecule has 0 saturated carbocycles. The molecule has 0 spiro atoms. The maximum absolute atomic E-state index is 12.9. The molecule has 27 heavy (non-hydrogen) atoms. The minimum atomic E-state index is -0.440. The molecule has 0 radical (unpaired) electrons. The SMILES string of the molecule is O=C(C1Cc2cc(Cl)ccc2O1)N1CCN(c2nsc3ccccc23)CC1. The summed E-state index contributed by atoms with van der Waals surface area (Å²) in [6, 6.07) is 13.8. The summed E-state index contributed by atoms with van der Waals surface area (Å²) in [5.74, 6) is 1.86. The monoisotopic (exact) mass is 399 g/mol. The highest BCUT2D eigenvalue weighted by Crippen LogP contribution is 2.33. The van der Waals surface area contributed by atoms with Crippen molar-refractivity contribution in [2.24, 2.45) is 0 Å². The van der Waals surface area contributed by atoms with E-state index >= 15 is 0 Å². The van der Waals surface area contributed by atoms with E-state index in [1.54, 1.807) is 6.07 Å². The lowest BCUT2D eigenvalue weighted by molar-refractivity contribution is -0.138. The number of ether oxygens (including phenoxy) is 1. The van der Waals surface area contributed by atoms with Crippen molar-refractivity contribution in [2.45, 2.75) is 12.5 Å². The van der Waals surface area contributed by atoms with Crippen LogP contribution in [0.15, 0.2) is 42.5 Å². The van der Waals surface area contributed by atoms with Gasteiger partial charge in [0.25, 0.3) is 5.91 Å². The maximum Gasteiger partial charge on any atom is 0.264 e. The van der Waals surface area contributed by atoms with E-state index in [1.165, 1.54) is 21.6 Å². The summed E-state index contributed by atoms with van der Waals surface area (Å²) < 4.78 is 11.7. The number of hydrogen-bond donors (Lipinski definition) is 0. The lowest BCUT2D eigenvalue weighted by Gasteiger charge is -2.36. The number of piperazine rings is 1. The molecule has 2 aromatic carbocycles. The number of nitrogens with zero attached hydrogens (tertiary/aromatic N) is 3. The minimum Gasteiger partial charge on any atom is -0.480 e. The zero-order valence-electron chi connectivity index (χ0n) is 14.6. The molecule has 0 aliphatic carbocycles. The third-order valence-corrected chi connectivity index (χ3v) is 6.27. The maximum atomic E-state index is 12.9. The summed E-state index contributed by atoms with van der Waals surface area (Å²) >= 11 is 7.57. The molecule has 2 aliphatic heterocycles. The molecule has 1 saturated heterocycles. The fourth-order valence-corrected chi connectivity index (χ4v) is 4.79. The molecule has 7 heteroatoms. The summed E-state index contributed by atoms with van der Waals surface area (Å²) in [6.45, 7) is 2.93. The van der Waals surface area contributed by atoms with Gasteiger partial charge in [-0.1, -0.05) is 23.7 Å². The van der Waals surface area contributed by atoms with Crippen LogP contribution < -0.4 is 9.64 Å². The molecule has 1 atom stereocenters. The lowest BCUT2D eigenvalue weighted by Crippen LogP contribution is -2.52. The van der Waals surface area contributed by atoms with Gasteiger partial charge >= 0.3 is 0 Å². The fourth-order valence-electron chi connectivity index (χ4n) is 3.80. The van der Waals surface area contributed by atoms with Crippen LogP contribution in [0.5, 0.6) is 5.75 Å². The van der Waals surface area contributed by atoms with Crippen LogP contribution in [-0.2, 0) is 11.2 Å². The van der Waals surface area contributed by atoms with Crippen LogP contribution in [0.3, 0.4) is 0 Å². The van der Waals surface area contributed by atoms with Crippen molar-refractivity contribution in [1.29, 1.82) is 0 Å². The summed E-state index contributed by atoms with van der Waals surface area (Å²) in [6.07, 6.45) is 0.149. The van der Waals surface area contributed by atoms with Gasteiger partial charge in [0.15, 0.2) is 6.10 Å². The number of carbonyl (C=O) groups excluding carboxylic acids is 1. The van der Waals surface area contributed by atoms with Gasteiger partial charge in [-0.2, -0.15) is 4.37 Å². The molecule has 3 heterocycles. The number of hydrogen-bond acceptors (Lipinski definition) is 5. The summed E-state index contributed by atoms with van der Waals surface area (Å²) in [5, 5.41) is 1.86. The average molecular weight is 400 g/mol. The van der Waals surface area contributed by atoms with Crippen molar-refractivity contribution < 1.29 is 9.53 Å². The molecule has 1 aromatic heterocycles. The van der Waals surface area contributed by atoms with Crippen molar-refractivity contribution in [3.05, 3.63) is 53.1 Å². The third kappa shape index (κ3) is 3.03. The van der Waals surface area contributed by atoms with E-state index < -0.39 is 6.10 Å². The summed E-state index contributed by atoms with van der Waals surface area (Å²) in [4.78, 5) is 17.1. The number of anilines is 1. The Bertz CT molecular complexity index is 1010. The number of carbonyl (C=O) groups is 1. The normalized spacial score (nSPS) is 19.2. The number of benzene rings is 2.